The van der Waals surface area contributed by atoms with E-state index in [0.717, 1.165) is 57.1 Å². The Morgan fingerprint density at radius 1 is 0.784 bits per heavy atom. The van der Waals surface area contributed by atoms with Crippen LogP contribution in [-0.4, -0.2) is 37.0 Å². The van der Waals surface area contributed by atoms with Crippen molar-refractivity contribution in [1.82, 2.24) is 16.0 Å². The number of ether oxygens (including phenoxy) is 1. The van der Waals surface area contributed by atoms with Gasteiger partial charge in [0.2, 0.25) is 11.8 Å². The molecule has 37 heavy (non-hydrogen) atoms. The Hall–Kier alpha value is -2.57. The molecule has 0 fully saturated rings. The van der Waals surface area contributed by atoms with E-state index in [1.807, 2.05) is 44.2 Å². The van der Waals surface area contributed by atoms with Crippen LogP contribution in [0.1, 0.15) is 104 Å². The summed E-state index contributed by atoms with van der Waals surface area (Å²) in [5, 5.41) is 8.75. The minimum Gasteiger partial charge on any atom is -0.445 e. The molecule has 1 rings (SSSR count). The molecule has 7 nitrogen and oxygen atoms in total. The van der Waals surface area contributed by atoms with Crippen LogP contribution in [0.25, 0.3) is 0 Å². The van der Waals surface area contributed by atoms with Crippen LogP contribution in [0.2, 0.25) is 0 Å². The highest BCUT2D eigenvalue weighted by molar-refractivity contribution is 5.85. The highest BCUT2D eigenvalue weighted by atomic mass is 16.5. The number of benzene rings is 1. The summed E-state index contributed by atoms with van der Waals surface area (Å²) in [6, 6.07) is 8.88. The molecule has 0 saturated carbocycles. The maximum atomic E-state index is 12.7. The zero-order valence-electron chi connectivity index (χ0n) is 23.7. The second-order valence-electron chi connectivity index (χ2n) is 10.3. The third-order valence-corrected chi connectivity index (χ3v) is 6.94. The number of unbranched alkanes of at least 4 members (excludes halogenated alkanes) is 7. The van der Waals surface area contributed by atoms with Gasteiger partial charge in [0.1, 0.15) is 12.6 Å². The van der Waals surface area contributed by atoms with Gasteiger partial charge in [-0.2, -0.15) is 0 Å². The van der Waals surface area contributed by atoms with Crippen LogP contribution in [0.4, 0.5) is 4.79 Å². The van der Waals surface area contributed by atoms with Crippen molar-refractivity contribution in [3.05, 3.63) is 35.9 Å². The van der Waals surface area contributed by atoms with Crippen molar-refractivity contribution in [1.29, 1.82) is 0 Å². The molecule has 1 aromatic carbocycles. The molecule has 0 aromatic heterocycles. The predicted octanol–water partition coefficient (Wildman–Crippen LogP) is 6.12. The Kier molecular flexibility index (Phi) is 18.0. The molecule has 0 aliphatic carbocycles. The average molecular weight is 518 g/mol. The fourth-order valence-electron chi connectivity index (χ4n) is 3.99. The van der Waals surface area contributed by atoms with Crippen molar-refractivity contribution in [3.8, 4) is 0 Å². The molecule has 3 atom stereocenters. The lowest BCUT2D eigenvalue weighted by Crippen LogP contribution is -2.50. The van der Waals surface area contributed by atoms with Gasteiger partial charge in [0.15, 0.2) is 0 Å². The van der Waals surface area contributed by atoms with Gasteiger partial charge in [0, 0.05) is 19.5 Å². The smallest absolute Gasteiger partial charge is 0.408 e. The third kappa shape index (κ3) is 16.0. The van der Waals surface area contributed by atoms with E-state index in [1.54, 1.807) is 0 Å². The Morgan fingerprint density at radius 3 is 1.92 bits per heavy atom. The Bertz CT molecular complexity index is 756. The molecule has 0 spiro atoms. The first-order valence-electron chi connectivity index (χ1n) is 14.4. The van der Waals surface area contributed by atoms with Gasteiger partial charge in [-0.3, -0.25) is 9.59 Å². The van der Waals surface area contributed by atoms with Gasteiger partial charge in [-0.05, 0) is 30.2 Å². The number of nitrogens with one attached hydrogen (secondary N) is 3. The molecule has 0 heterocycles. The Morgan fingerprint density at radius 2 is 1.35 bits per heavy atom. The second kappa shape index (κ2) is 20.5. The van der Waals surface area contributed by atoms with Crippen molar-refractivity contribution >= 4 is 17.9 Å². The molecule has 210 valence electrons. The zero-order chi connectivity index (χ0) is 27.3. The fraction of sp³-hybridized carbons (Fsp3) is 0.700. The van der Waals surface area contributed by atoms with E-state index in [-0.39, 0.29) is 24.3 Å². The van der Waals surface area contributed by atoms with Crippen molar-refractivity contribution in [2.24, 2.45) is 11.8 Å². The minimum absolute atomic E-state index is 0.0116. The topological polar surface area (TPSA) is 96.5 Å². The van der Waals surface area contributed by atoms with Crippen LogP contribution in [0.15, 0.2) is 30.3 Å². The van der Waals surface area contributed by atoms with E-state index in [1.165, 1.54) is 19.3 Å². The summed E-state index contributed by atoms with van der Waals surface area (Å²) in [7, 11) is 0. The van der Waals surface area contributed by atoms with Crippen LogP contribution in [0, 0.1) is 11.8 Å². The standard InChI is InChI=1S/C30H51N3O4/c1-5-24(3)22-27(34)31-20-16-11-9-7-8-10-12-17-21-32-29(35)28(25(4)6-2)33-30(36)37-23-26-18-14-13-15-19-26/h13-15,18-19,24-25,28H,5-12,16-17,20-23H2,1-4H3,(H,31,34)(H,32,35)(H,33,36). The molecule has 3 N–H and O–H groups in total. The zero-order valence-corrected chi connectivity index (χ0v) is 23.7. The van der Waals surface area contributed by atoms with Crippen LogP contribution in [-0.2, 0) is 20.9 Å². The first kappa shape index (κ1) is 32.5. The summed E-state index contributed by atoms with van der Waals surface area (Å²) in [6.07, 6.45) is 10.8. The normalized spacial score (nSPS) is 13.3. The lowest BCUT2D eigenvalue weighted by atomic mass is 9.98. The SMILES string of the molecule is CCC(C)CC(=O)NCCCCCCCCCCNC(=O)C(NC(=O)OCc1ccccc1)C(C)CC. The highest BCUT2D eigenvalue weighted by Gasteiger charge is 2.26. The second-order valence-corrected chi connectivity index (χ2v) is 10.3. The molecule has 3 amide bonds. The summed E-state index contributed by atoms with van der Waals surface area (Å²) in [6.45, 7) is 9.77. The molecule has 0 bridgehead atoms. The lowest BCUT2D eigenvalue weighted by molar-refractivity contribution is -0.124. The Labute approximate surface area is 224 Å². The van der Waals surface area contributed by atoms with Crippen LogP contribution < -0.4 is 16.0 Å². The molecule has 0 aliphatic rings. The number of amides is 3. The van der Waals surface area contributed by atoms with Crippen LogP contribution in [0.5, 0.6) is 0 Å². The van der Waals surface area contributed by atoms with E-state index in [0.29, 0.717) is 18.9 Å². The summed E-state index contributed by atoms with van der Waals surface area (Å²) < 4.78 is 5.29. The predicted molar refractivity (Wildman–Crippen MR) is 150 cm³/mol. The van der Waals surface area contributed by atoms with Gasteiger partial charge in [-0.25, -0.2) is 4.79 Å². The maximum Gasteiger partial charge on any atom is 0.408 e. The summed E-state index contributed by atoms with van der Waals surface area (Å²) in [5.74, 6) is 0.496. The lowest BCUT2D eigenvalue weighted by Gasteiger charge is -2.23. The summed E-state index contributed by atoms with van der Waals surface area (Å²) in [5.41, 5.74) is 0.906. The average Bonchev–Trinajstić information content (AvgIpc) is 2.90. The molecule has 7 heteroatoms. The molecule has 0 saturated heterocycles. The fourth-order valence-corrected chi connectivity index (χ4v) is 3.99. The number of hydrogen-bond acceptors (Lipinski definition) is 4. The quantitative estimate of drug-likeness (QED) is 0.182. The minimum atomic E-state index is -0.604. The Balaban J connectivity index is 2.10. The van der Waals surface area contributed by atoms with E-state index in [2.05, 4.69) is 29.8 Å². The first-order chi connectivity index (χ1) is 17.9. The van der Waals surface area contributed by atoms with Gasteiger partial charge in [-0.1, -0.05) is 109 Å². The molecule has 3 unspecified atom stereocenters. The molecular formula is C30H51N3O4. The van der Waals surface area contributed by atoms with E-state index < -0.39 is 12.1 Å². The van der Waals surface area contributed by atoms with Crippen molar-refractivity contribution < 1.29 is 19.1 Å². The maximum absolute atomic E-state index is 12.7. The van der Waals surface area contributed by atoms with Gasteiger partial charge in [0.05, 0.1) is 0 Å². The highest BCUT2D eigenvalue weighted by Crippen LogP contribution is 2.11. The number of carbonyl (C=O) groups excluding carboxylic acids is 3. The van der Waals surface area contributed by atoms with Crippen molar-refractivity contribution in [3.63, 3.8) is 0 Å². The molecule has 0 radical (unpaired) electrons. The van der Waals surface area contributed by atoms with Crippen LogP contribution in [0.3, 0.4) is 0 Å². The largest absolute Gasteiger partial charge is 0.445 e. The number of hydrogen-bond donors (Lipinski definition) is 3. The van der Waals surface area contributed by atoms with E-state index in [4.69, 9.17) is 4.74 Å². The van der Waals surface area contributed by atoms with Crippen LogP contribution >= 0.6 is 0 Å². The van der Waals surface area contributed by atoms with Gasteiger partial charge < -0.3 is 20.7 Å². The number of rotatable bonds is 20. The van der Waals surface area contributed by atoms with Gasteiger partial charge >= 0.3 is 6.09 Å². The third-order valence-electron chi connectivity index (χ3n) is 6.94. The van der Waals surface area contributed by atoms with Gasteiger partial charge in [-0.15, -0.1) is 0 Å². The van der Waals surface area contributed by atoms with E-state index in [9.17, 15) is 14.4 Å². The van der Waals surface area contributed by atoms with Crippen molar-refractivity contribution in [2.45, 2.75) is 111 Å². The number of alkyl carbamates (subject to hydrolysis) is 1. The monoisotopic (exact) mass is 517 g/mol. The number of carbonyl (C=O) groups is 3. The summed E-state index contributed by atoms with van der Waals surface area (Å²) in [4.78, 5) is 36.7. The van der Waals surface area contributed by atoms with Crippen molar-refractivity contribution in [2.75, 3.05) is 13.1 Å². The van der Waals surface area contributed by atoms with E-state index >= 15 is 0 Å². The summed E-state index contributed by atoms with van der Waals surface area (Å²) >= 11 is 0. The molecule has 0 aliphatic heterocycles. The molecular weight excluding hydrogens is 466 g/mol. The molecule has 1 aromatic rings. The first-order valence-corrected chi connectivity index (χ1v) is 14.4. The van der Waals surface area contributed by atoms with Gasteiger partial charge in [0.25, 0.3) is 0 Å².